The van der Waals surface area contributed by atoms with Crippen LogP contribution in [0.3, 0.4) is 0 Å². The SMILES string of the molecule is CC(C)c1ccc(-c2cc(N3CCOCC3)nc3c(-c4ccn[nH]4)nccc23)cc1. The number of hydrogen-bond donors (Lipinski definition) is 1. The maximum atomic E-state index is 5.55. The molecule has 1 N–H and O–H groups in total. The first kappa shape index (κ1) is 18.8. The van der Waals surface area contributed by atoms with Gasteiger partial charge in [-0.3, -0.25) is 10.1 Å². The minimum absolute atomic E-state index is 0.508. The molecule has 0 aliphatic carbocycles. The molecule has 5 rings (SSSR count). The normalized spacial score (nSPS) is 14.6. The van der Waals surface area contributed by atoms with Crippen molar-refractivity contribution in [1.82, 2.24) is 20.2 Å². The molecule has 0 spiro atoms. The van der Waals surface area contributed by atoms with E-state index in [0.29, 0.717) is 5.92 Å². The highest BCUT2D eigenvalue weighted by molar-refractivity contribution is 6.01. The smallest absolute Gasteiger partial charge is 0.130 e. The second kappa shape index (κ2) is 7.88. The lowest BCUT2D eigenvalue weighted by molar-refractivity contribution is 0.122. The molecule has 0 bridgehead atoms. The minimum atomic E-state index is 0.508. The third-order valence-corrected chi connectivity index (χ3v) is 5.69. The molecule has 0 unspecified atom stereocenters. The average Bonchev–Trinajstić information content (AvgIpc) is 3.33. The first-order valence-electron chi connectivity index (χ1n) is 10.4. The van der Waals surface area contributed by atoms with E-state index in [2.05, 4.69) is 70.3 Å². The molecule has 0 atom stereocenters. The van der Waals surface area contributed by atoms with Gasteiger partial charge in [-0.05, 0) is 40.8 Å². The number of nitrogens with zero attached hydrogens (tertiary/aromatic N) is 4. The lowest BCUT2D eigenvalue weighted by Gasteiger charge is -2.28. The molecule has 1 aromatic carbocycles. The van der Waals surface area contributed by atoms with Crippen molar-refractivity contribution >= 4 is 16.7 Å². The van der Waals surface area contributed by atoms with Crippen LogP contribution >= 0.6 is 0 Å². The molecule has 1 saturated heterocycles. The van der Waals surface area contributed by atoms with Crippen LogP contribution in [0.1, 0.15) is 25.3 Å². The molecule has 0 amide bonds. The van der Waals surface area contributed by atoms with Crippen molar-refractivity contribution in [3.8, 4) is 22.5 Å². The van der Waals surface area contributed by atoms with Crippen molar-refractivity contribution < 1.29 is 4.74 Å². The minimum Gasteiger partial charge on any atom is -0.378 e. The van der Waals surface area contributed by atoms with Gasteiger partial charge >= 0.3 is 0 Å². The van der Waals surface area contributed by atoms with Gasteiger partial charge in [0.1, 0.15) is 17.0 Å². The Morgan fingerprint density at radius 2 is 1.80 bits per heavy atom. The second-order valence-corrected chi connectivity index (χ2v) is 7.93. The molecule has 1 fully saturated rings. The van der Waals surface area contributed by atoms with Gasteiger partial charge in [-0.25, -0.2) is 4.98 Å². The summed E-state index contributed by atoms with van der Waals surface area (Å²) in [6.07, 6.45) is 3.59. The number of nitrogens with one attached hydrogen (secondary N) is 1. The number of benzene rings is 1. The molecular weight excluding hydrogens is 374 g/mol. The van der Waals surface area contributed by atoms with E-state index in [0.717, 1.165) is 54.4 Å². The van der Waals surface area contributed by atoms with Gasteiger partial charge in [0.05, 0.1) is 18.9 Å². The van der Waals surface area contributed by atoms with Gasteiger partial charge in [-0.15, -0.1) is 0 Å². The number of anilines is 1. The van der Waals surface area contributed by atoms with Gasteiger partial charge in [-0.2, -0.15) is 5.10 Å². The van der Waals surface area contributed by atoms with Gasteiger partial charge in [0, 0.05) is 30.9 Å². The van der Waals surface area contributed by atoms with Crippen LogP contribution in [0.2, 0.25) is 0 Å². The summed E-state index contributed by atoms with van der Waals surface area (Å²) in [6, 6.07) is 15.1. The molecule has 0 radical (unpaired) electrons. The van der Waals surface area contributed by atoms with Crippen molar-refractivity contribution in [2.24, 2.45) is 0 Å². The lowest BCUT2D eigenvalue weighted by Crippen LogP contribution is -2.36. The Morgan fingerprint density at radius 3 is 2.50 bits per heavy atom. The van der Waals surface area contributed by atoms with Crippen LogP contribution < -0.4 is 4.90 Å². The van der Waals surface area contributed by atoms with E-state index >= 15 is 0 Å². The highest BCUT2D eigenvalue weighted by Crippen LogP contribution is 2.35. The van der Waals surface area contributed by atoms with Crippen LogP contribution in [0.15, 0.2) is 54.9 Å². The predicted molar refractivity (Wildman–Crippen MR) is 120 cm³/mol. The molecule has 0 saturated carbocycles. The maximum Gasteiger partial charge on any atom is 0.130 e. The van der Waals surface area contributed by atoms with Gasteiger partial charge < -0.3 is 9.64 Å². The van der Waals surface area contributed by atoms with Crippen LogP contribution in [-0.4, -0.2) is 46.5 Å². The summed E-state index contributed by atoms with van der Waals surface area (Å²) in [4.78, 5) is 12.0. The van der Waals surface area contributed by atoms with E-state index in [-0.39, 0.29) is 0 Å². The van der Waals surface area contributed by atoms with Crippen LogP contribution in [0, 0.1) is 0 Å². The largest absolute Gasteiger partial charge is 0.378 e. The molecule has 6 heteroatoms. The monoisotopic (exact) mass is 399 g/mol. The topological polar surface area (TPSA) is 66.9 Å². The average molecular weight is 399 g/mol. The van der Waals surface area contributed by atoms with Gasteiger partial charge in [-0.1, -0.05) is 38.1 Å². The highest BCUT2D eigenvalue weighted by atomic mass is 16.5. The molecule has 3 aromatic heterocycles. The fraction of sp³-hybridized carbons (Fsp3) is 0.292. The Bertz CT molecular complexity index is 1150. The molecule has 4 heterocycles. The van der Waals surface area contributed by atoms with Crippen molar-refractivity contribution in [2.45, 2.75) is 19.8 Å². The zero-order chi connectivity index (χ0) is 20.5. The van der Waals surface area contributed by atoms with Gasteiger partial charge in [0.2, 0.25) is 0 Å². The number of fused-ring (bicyclic) bond motifs is 1. The number of pyridine rings is 2. The molecule has 6 nitrogen and oxygen atoms in total. The summed E-state index contributed by atoms with van der Waals surface area (Å²) in [6.45, 7) is 7.55. The number of aromatic nitrogens is 4. The standard InChI is InChI=1S/C24H25N5O/c1-16(2)17-3-5-18(6-4-17)20-15-22(29-11-13-30-14-12-29)27-23-19(20)7-9-25-24(23)21-8-10-26-28-21/h3-10,15-16H,11-14H2,1-2H3,(H,26,28). The summed E-state index contributed by atoms with van der Waals surface area (Å²) < 4.78 is 5.55. The highest BCUT2D eigenvalue weighted by Gasteiger charge is 2.18. The quantitative estimate of drug-likeness (QED) is 0.541. The summed E-state index contributed by atoms with van der Waals surface area (Å²) >= 11 is 0. The Hall–Kier alpha value is -3.25. The van der Waals surface area contributed by atoms with Crippen molar-refractivity contribution in [3.63, 3.8) is 0 Å². The Balaban J connectivity index is 1.72. The van der Waals surface area contributed by atoms with Crippen molar-refractivity contribution in [2.75, 3.05) is 31.2 Å². The van der Waals surface area contributed by atoms with E-state index < -0.39 is 0 Å². The maximum absolute atomic E-state index is 5.55. The second-order valence-electron chi connectivity index (χ2n) is 7.93. The van der Waals surface area contributed by atoms with E-state index in [1.165, 1.54) is 16.7 Å². The third-order valence-electron chi connectivity index (χ3n) is 5.69. The molecule has 4 aromatic rings. The van der Waals surface area contributed by atoms with Crippen LogP contribution in [-0.2, 0) is 4.74 Å². The zero-order valence-corrected chi connectivity index (χ0v) is 17.3. The first-order chi connectivity index (χ1) is 14.7. The molecule has 30 heavy (non-hydrogen) atoms. The van der Waals surface area contributed by atoms with E-state index in [9.17, 15) is 0 Å². The van der Waals surface area contributed by atoms with E-state index in [1.54, 1.807) is 6.20 Å². The number of rotatable bonds is 4. The van der Waals surface area contributed by atoms with E-state index in [1.807, 2.05) is 12.3 Å². The van der Waals surface area contributed by atoms with E-state index in [4.69, 9.17) is 9.72 Å². The van der Waals surface area contributed by atoms with Crippen LogP contribution in [0.5, 0.6) is 0 Å². The number of ether oxygens (including phenoxy) is 1. The van der Waals surface area contributed by atoms with Gasteiger partial charge in [0.25, 0.3) is 0 Å². The fourth-order valence-electron chi connectivity index (χ4n) is 3.96. The van der Waals surface area contributed by atoms with Crippen molar-refractivity contribution in [3.05, 3.63) is 60.4 Å². The van der Waals surface area contributed by atoms with Crippen molar-refractivity contribution in [1.29, 1.82) is 0 Å². The zero-order valence-electron chi connectivity index (χ0n) is 17.3. The molecule has 152 valence electrons. The summed E-state index contributed by atoms with van der Waals surface area (Å²) in [5.74, 6) is 1.47. The van der Waals surface area contributed by atoms with Crippen LogP contribution in [0.25, 0.3) is 33.4 Å². The molecule has 1 aliphatic heterocycles. The summed E-state index contributed by atoms with van der Waals surface area (Å²) in [5.41, 5.74) is 6.26. The number of morpholine rings is 1. The third kappa shape index (κ3) is 3.44. The Morgan fingerprint density at radius 1 is 1.00 bits per heavy atom. The van der Waals surface area contributed by atoms with Crippen LogP contribution in [0.4, 0.5) is 5.82 Å². The molecule has 1 aliphatic rings. The molecular formula is C24H25N5O. The predicted octanol–water partition coefficient (Wildman–Crippen LogP) is 4.65. The summed E-state index contributed by atoms with van der Waals surface area (Å²) in [7, 11) is 0. The Labute approximate surface area is 175 Å². The first-order valence-corrected chi connectivity index (χ1v) is 10.4. The lowest BCUT2D eigenvalue weighted by atomic mass is 9.96. The number of aromatic amines is 1. The number of hydrogen-bond acceptors (Lipinski definition) is 5. The summed E-state index contributed by atoms with van der Waals surface area (Å²) in [5, 5.41) is 8.23. The fourth-order valence-corrected chi connectivity index (χ4v) is 3.96. The Kier molecular flexibility index (Phi) is 4.93. The van der Waals surface area contributed by atoms with Gasteiger partial charge in [0.15, 0.2) is 0 Å². The number of H-pyrrole nitrogens is 1.